The summed E-state index contributed by atoms with van der Waals surface area (Å²) in [6.45, 7) is 4.76. The van der Waals surface area contributed by atoms with Crippen molar-refractivity contribution in [2.75, 3.05) is 10.6 Å². The number of carbonyl (C=O) groups is 2. The molecule has 0 unspecified atom stereocenters. The van der Waals surface area contributed by atoms with Crippen LogP contribution in [-0.2, 0) is 9.59 Å². The van der Waals surface area contributed by atoms with Gasteiger partial charge in [-0.3, -0.25) is 14.4 Å². The number of rotatable bonds is 5. The number of hydrogen-bond donors (Lipinski definition) is 2. The van der Waals surface area contributed by atoms with E-state index in [4.69, 9.17) is 0 Å². The van der Waals surface area contributed by atoms with E-state index in [0.29, 0.717) is 11.4 Å². The van der Waals surface area contributed by atoms with E-state index < -0.39 is 29.2 Å². The number of carbonyl (C=O) groups excluding carboxylic acids is 2. The summed E-state index contributed by atoms with van der Waals surface area (Å²) in [4.78, 5) is 37.1. The number of benzene rings is 2. The summed E-state index contributed by atoms with van der Waals surface area (Å²) in [5, 5.41) is 9.48. The van der Waals surface area contributed by atoms with Crippen LogP contribution in [0.15, 0.2) is 59.4 Å². The number of hydrogen-bond acceptors (Lipinski definition) is 4. The number of halogens is 1. The van der Waals surface area contributed by atoms with Gasteiger partial charge in [0.2, 0.25) is 11.8 Å². The average molecular weight is 408 g/mol. The van der Waals surface area contributed by atoms with Crippen LogP contribution in [0.4, 0.5) is 15.8 Å². The molecule has 0 aliphatic carbocycles. The number of aromatic nitrogens is 2. The fourth-order valence-corrected chi connectivity index (χ4v) is 2.81. The van der Waals surface area contributed by atoms with E-state index >= 15 is 0 Å². The SMILES string of the molecule is CC(=O)Nc1cc(-c2ccc(C)cc2)nn([C@@H](C)C(=O)Nc2ccc(F)cc2)c1=O. The lowest BCUT2D eigenvalue weighted by molar-refractivity contribution is -0.119. The molecule has 3 aromatic rings. The molecule has 2 N–H and O–H groups in total. The van der Waals surface area contributed by atoms with Gasteiger partial charge < -0.3 is 10.6 Å². The van der Waals surface area contributed by atoms with Crippen LogP contribution in [-0.4, -0.2) is 21.6 Å². The number of amides is 2. The Morgan fingerprint density at radius 2 is 1.67 bits per heavy atom. The molecular weight excluding hydrogens is 387 g/mol. The average Bonchev–Trinajstić information content (AvgIpc) is 2.71. The summed E-state index contributed by atoms with van der Waals surface area (Å²) in [7, 11) is 0. The Balaban J connectivity index is 2.00. The Bertz CT molecular complexity index is 1140. The van der Waals surface area contributed by atoms with Crippen molar-refractivity contribution < 1.29 is 14.0 Å². The lowest BCUT2D eigenvalue weighted by Crippen LogP contribution is -2.35. The predicted molar refractivity (Wildman–Crippen MR) is 113 cm³/mol. The van der Waals surface area contributed by atoms with Crippen LogP contribution < -0.4 is 16.2 Å². The second-order valence-corrected chi connectivity index (χ2v) is 6.91. The summed E-state index contributed by atoms with van der Waals surface area (Å²) < 4.78 is 14.1. The monoisotopic (exact) mass is 408 g/mol. The van der Waals surface area contributed by atoms with E-state index in [1.54, 1.807) is 0 Å². The molecule has 154 valence electrons. The van der Waals surface area contributed by atoms with E-state index in [0.717, 1.165) is 15.8 Å². The molecule has 0 aliphatic heterocycles. The van der Waals surface area contributed by atoms with Gasteiger partial charge in [-0.25, -0.2) is 9.07 Å². The Morgan fingerprint density at radius 3 is 2.27 bits per heavy atom. The molecular formula is C22H21FN4O3. The third kappa shape index (κ3) is 4.78. The van der Waals surface area contributed by atoms with Crippen molar-refractivity contribution in [3.8, 4) is 11.3 Å². The molecule has 0 spiro atoms. The van der Waals surface area contributed by atoms with Crippen molar-refractivity contribution >= 4 is 23.2 Å². The summed E-state index contributed by atoms with van der Waals surface area (Å²) in [6, 6.07) is 13.2. The van der Waals surface area contributed by atoms with Crippen LogP contribution in [0.1, 0.15) is 25.5 Å². The maximum absolute atomic E-state index is 13.1. The normalized spacial score (nSPS) is 11.6. The highest BCUT2D eigenvalue weighted by atomic mass is 19.1. The minimum absolute atomic E-state index is 0.0227. The number of anilines is 2. The first kappa shape index (κ1) is 20.9. The molecule has 0 aliphatic rings. The minimum Gasteiger partial charge on any atom is -0.324 e. The van der Waals surface area contributed by atoms with Gasteiger partial charge in [0.1, 0.15) is 17.5 Å². The smallest absolute Gasteiger partial charge is 0.291 e. The molecule has 0 saturated heterocycles. The summed E-state index contributed by atoms with van der Waals surface area (Å²) >= 11 is 0. The minimum atomic E-state index is -0.986. The van der Waals surface area contributed by atoms with Gasteiger partial charge in [-0.1, -0.05) is 29.8 Å². The second kappa shape index (κ2) is 8.69. The maximum Gasteiger partial charge on any atom is 0.291 e. The molecule has 0 radical (unpaired) electrons. The maximum atomic E-state index is 13.1. The summed E-state index contributed by atoms with van der Waals surface area (Å²) in [6.07, 6.45) is 0. The lowest BCUT2D eigenvalue weighted by atomic mass is 10.1. The van der Waals surface area contributed by atoms with E-state index in [-0.39, 0.29) is 5.69 Å². The van der Waals surface area contributed by atoms with Crippen LogP contribution in [0.3, 0.4) is 0 Å². The van der Waals surface area contributed by atoms with E-state index in [1.165, 1.54) is 44.2 Å². The third-order valence-electron chi connectivity index (χ3n) is 4.45. The summed E-state index contributed by atoms with van der Waals surface area (Å²) in [5.74, 6) is -1.35. The topological polar surface area (TPSA) is 93.1 Å². The first-order valence-corrected chi connectivity index (χ1v) is 9.29. The summed E-state index contributed by atoms with van der Waals surface area (Å²) in [5.41, 5.74) is 2.02. The standard InChI is InChI=1S/C22H21FN4O3/c1-13-4-6-16(7-5-13)19-12-20(24-15(3)28)22(30)27(26-19)14(2)21(29)25-18-10-8-17(23)9-11-18/h4-12,14H,1-3H3,(H,24,28)(H,25,29)/t14-/m0/s1. The van der Waals surface area contributed by atoms with E-state index in [9.17, 15) is 18.8 Å². The van der Waals surface area contributed by atoms with E-state index in [2.05, 4.69) is 15.7 Å². The molecule has 0 fully saturated rings. The van der Waals surface area contributed by atoms with Gasteiger partial charge in [-0.15, -0.1) is 0 Å². The molecule has 2 amide bonds. The molecule has 1 heterocycles. The Morgan fingerprint density at radius 1 is 1.03 bits per heavy atom. The Labute approximate surface area is 172 Å². The number of nitrogens with one attached hydrogen (secondary N) is 2. The Hall–Kier alpha value is -3.81. The highest BCUT2D eigenvalue weighted by Crippen LogP contribution is 2.20. The second-order valence-electron chi connectivity index (χ2n) is 6.91. The van der Waals surface area contributed by atoms with Gasteiger partial charge in [-0.2, -0.15) is 5.10 Å². The van der Waals surface area contributed by atoms with Crippen LogP contribution in [0.25, 0.3) is 11.3 Å². The predicted octanol–water partition coefficient (Wildman–Crippen LogP) is 3.52. The van der Waals surface area contributed by atoms with Crippen molar-refractivity contribution in [1.29, 1.82) is 0 Å². The highest BCUT2D eigenvalue weighted by molar-refractivity contribution is 5.93. The molecule has 0 saturated carbocycles. The van der Waals surface area contributed by atoms with Gasteiger partial charge in [0, 0.05) is 18.2 Å². The molecule has 3 rings (SSSR count). The number of nitrogens with zero attached hydrogens (tertiary/aromatic N) is 2. The molecule has 7 nitrogen and oxygen atoms in total. The fourth-order valence-electron chi connectivity index (χ4n) is 2.81. The van der Waals surface area contributed by atoms with Crippen molar-refractivity contribution in [3.05, 3.63) is 76.3 Å². The zero-order chi connectivity index (χ0) is 21.8. The van der Waals surface area contributed by atoms with Gasteiger partial charge in [-0.05, 0) is 44.2 Å². The molecule has 0 bridgehead atoms. The van der Waals surface area contributed by atoms with Gasteiger partial charge in [0.05, 0.1) is 5.69 Å². The van der Waals surface area contributed by atoms with Crippen molar-refractivity contribution in [1.82, 2.24) is 9.78 Å². The molecule has 8 heteroatoms. The lowest BCUT2D eigenvalue weighted by Gasteiger charge is -2.17. The molecule has 30 heavy (non-hydrogen) atoms. The van der Waals surface area contributed by atoms with Crippen LogP contribution in [0, 0.1) is 12.7 Å². The highest BCUT2D eigenvalue weighted by Gasteiger charge is 2.21. The third-order valence-corrected chi connectivity index (χ3v) is 4.45. The Kier molecular flexibility index (Phi) is 6.06. The van der Waals surface area contributed by atoms with Crippen LogP contribution >= 0.6 is 0 Å². The first-order chi connectivity index (χ1) is 14.2. The van der Waals surface area contributed by atoms with E-state index in [1.807, 2.05) is 31.2 Å². The first-order valence-electron chi connectivity index (χ1n) is 9.29. The van der Waals surface area contributed by atoms with Crippen LogP contribution in [0.5, 0.6) is 0 Å². The molecule has 2 aromatic carbocycles. The molecule has 1 aromatic heterocycles. The van der Waals surface area contributed by atoms with Crippen molar-refractivity contribution in [3.63, 3.8) is 0 Å². The van der Waals surface area contributed by atoms with Crippen LogP contribution in [0.2, 0.25) is 0 Å². The van der Waals surface area contributed by atoms with Crippen molar-refractivity contribution in [2.45, 2.75) is 26.8 Å². The fraction of sp³-hybridized carbons (Fsp3) is 0.182. The molecule has 1 atom stereocenters. The van der Waals surface area contributed by atoms with Crippen molar-refractivity contribution in [2.24, 2.45) is 0 Å². The van der Waals surface area contributed by atoms with Gasteiger partial charge in [0.15, 0.2) is 0 Å². The van der Waals surface area contributed by atoms with Gasteiger partial charge in [0.25, 0.3) is 5.56 Å². The quantitative estimate of drug-likeness (QED) is 0.676. The zero-order valence-corrected chi connectivity index (χ0v) is 16.8. The van der Waals surface area contributed by atoms with Gasteiger partial charge >= 0.3 is 0 Å². The zero-order valence-electron chi connectivity index (χ0n) is 16.8. The number of aryl methyl sites for hydroxylation is 1. The largest absolute Gasteiger partial charge is 0.324 e.